The molecule has 2 rings (SSSR count). The highest BCUT2D eigenvalue weighted by Gasteiger charge is 2.08. The molecule has 4 N–H and O–H groups in total. The Hall–Kier alpha value is -2.44. The van der Waals surface area contributed by atoms with Crippen LogP contribution in [0.15, 0.2) is 33.8 Å². The number of aliphatic imine (C=N–C) groups is 1. The normalized spacial score (nSPS) is 10.4. The van der Waals surface area contributed by atoms with E-state index in [1.165, 1.54) is 12.1 Å². The number of benzene rings is 1. The lowest BCUT2D eigenvalue weighted by Gasteiger charge is -1.93. The summed E-state index contributed by atoms with van der Waals surface area (Å²) in [5, 5.41) is 3.84. The van der Waals surface area contributed by atoms with E-state index in [4.69, 9.17) is 16.0 Å². The van der Waals surface area contributed by atoms with Gasteiger partial charge in [-0.1, -0.05) is 5.16 Å². The SMILES string of the molecule is NC(N)=NCCCc1nc(-c2ccc(F)cc2)no1. The van der Waals surface area contributed by atoms with Crippen molar-refractivity contribution in [3.63, 3.8) is 0 Å². The van der Waals surface area contributed by atoms with Crippen LogP contribution < -0.4 is 11.5 Å². The molecule has 0 saturated heterocycles. The maximum absolute atomic E-state index is 12.8. The first-order chi connectivity index (χ1) is 9.15. The van der Waals surface area contributed by atoms with Crippen LogP contribution in [0.2, 0.25) is 0 Å². The van der Waals surface area contributed by atoms with Gasteiger partial charge in [0.2, 0.25) is 11.7 Å². The number of hydrogen-bond acceptors (Lipinski definition) is 4. The number of halogens is 1. The molecular formula is C12H14FN5O. The molecular weight excluding hydrogens is 249 g/mol. The van der Waals surface area contributed by atoms with Gasteiger partial charge in [-0.3, -0.25) is 4.99 Å². The Morgan fingerprint density at radius 1 is 1.26 bits per heavy atom. The van der Waals surface area contributed by atoms with E-state index >= 15 is 0 Å². The lowest BCUT2D eigenvalue weighted by Crippen LogP contribution is -2.23. The molecule has 2 aromatic rings. The summed E-state index contributed by atoms with van der Waals surface area (Å²) in [6.07, 6.45) is 1.30. The average Bonchev–Trinajstić information content (AvgIpc) is 2.84. The predicted molar refractivity (Wildman–Crippen MR) is 68.7 cm³/mol. The molecule has 0 spiro atoms. The summed E-state index contributed by atoms with van der Waals surface area (Å²) in [5.74, 6) is 0.712. The Kier molecular flexibility index (Phi) is 4.07. The molecule has 1 aromatic heterocycles. The topological polar surface area (TPSA) is 103 Å². The van der Waals surface area contributed by atoms with Crippen molar-refractivity contribution in [3.8, 4) is 11.4 Å². The van der Waals surface area contributed by atoms with Crippen LogP contribution >= 0.6 is 0 Å². The molecule has 0 radical (unpaired) electrons. The summed E-state index contributed by atoms with van der Waals surface area (Å²) in [5.41, 5.74) is 11.1. The number of rotatable bonds is 5. The van der Waals surface area contributed by atoms with E-state index in [2.05, 4.69) is 15.1 Å². The van der Waals surface area contributed by atoms with Gasteiger partial charge in [-0.05, 0) is 30.7 Å². The second-order valence-electron chi connectivity index (χ2n) is 3.93. The largest absolute Gasteiger partial charge is 0.370 e. The number of nitrogens with zero attached hydrogens (tertiary/aromatic N) is 3. The minimum atomic E-state index is -0.301. The second-order valence-corrected chi connectivity index (χ2v) is 3.93. The van der Waals surface area contributed by atoms with Gasteiger partial charge in [-0.25, -0.2) is 4.39 Å². The van der Waals surface area contributed by atoms with Crippen molar-refractivity contribution in [2.45, 2.75) is 12.8 Å². The quantitative estimate of drug-likeness (QED) is 0.477. The molecule has 0 amide bonds. The molecule has 0 fully saturated rings. The van der Waals surface area contributed by atoms with Crippen molar-refractivity contribution in [2.24, 2.45) is 16.5 Å². The lowest BCUT2D eigenvalue weighted by atomic mass is 10.2. The fourth-order valence-corrected chi connectivity index (χ4v) is 1.51. The third kappa shape index (κ3) is 3.77. The Balaban J connectivity index is 1.95. The molecule has 19 heavy (non-hydrogen) atoms. The van der Waals surface area contributed by atoms with Crippen LogP contribution in [0.5, 0.6) is 0 Å². The van der Waals surface area contributed by atoms with E-state index in [9.17, 15) is 4.39 Å². The van der Waals surface area contributed by atoms with Crippen LogP contribution in [0.3, 0.4) is 0 Å². The third-order valence-electron chi connectivity index (χ3n) is 2.41. The zero-order chi connectivity index (χ0) is 13.7. The summed E-state index contributed by atoms with van der Waals surface area (Å²) < 4.78 is 17.9. The number of nitrogens with two attached hydrogens (primary N) is 2. The summed E-state index contributed by atoms with van der Waals surface area (Å²) >= 11 is 0. The monoisotopic (exact) mass is 263 g/mol. The highest BCUT2D eigenvalue weighted by Crippen LogP contribution is 2.16. The number of aromatic nitrogens is 2. The molecule has 7 heteroatoms. The molecule has 0 bridgehead atoms. The number of hydrogen-bond donors (Lipinski definition) is 2. The van der Waals surface area contributed by atoms with Crippen LogP contribution in [0.1, 0.15) is 12.3 Å². The molecule has 0 aliphatic heterocycles. The molecule has 100 valence electrons. The Morgan fingerprint density at radius 3 is 2.68 bits per heavy atom. The molecule has 1 heterocycles. The lowest BCUT2D eigenvalue weighted by molar-refractivity contribution is 0.376. The third-order valence-corrected chi connectivity index (χ3v) is 2.41. The van der Waals surface area contributed by atoms with Gasteiger partial charge >= 0.3 is 0 Å². The highest BCUT2D eigenvalue weighted by atomic mass is 19.1. The van der Waals surface area contributed by atoms with Crippen LogP contribution in [0.25, 0.3) is 11.4 Å². The zero-order valence-corrected chi connectivity index (χ0v) is 10.2. The van der Waals surface area contributed by atoms with Crippen molar-refractivity contribution >= 4 is 5.96 Å². The highest BCUT2D eigenvalue weighted by molar-refractivity contribution is 5.75. The Bertz CT molecular complexity index is 560. The van der Waals surface area contributed by atoms with E-state index < -0.39 is 0 Å². The Labute approximate surface area is 109 Å². The van der Waals surface area contributed by atoms with E-state index in [-0.39, 0.29) is 11.8 Å². The van der Waals surface area contributed by atoms with Crippen LogP contribution in [-0.4, -0.2) is 22.6 Å². The van der Waals surface area contributed by atoms with Gasteiger partial charge in [0.25, 0.3) is 0 Å². The van der Waals surface area contributed by atoms with Crippen LogP contribution in [0.4, 0.5) is 4.39 Å². The van der Waals surface area contributed by atoms with Crippen LogP contribution in [-0.2, 0) is 6.42 Å². The fraction of sp³-hybridized carbons (Fsp3) is 0.250. The molecule has 0 saturated carbocycles. The van der Waals surface area contributed by atoms with Gasteiger partial charge in [0.05, 0.1) is 0 Å². The van der Waals surface area contributed by atoms with E-state index in [1.54, 1.807) is 12.1 Å². The number of aryl methyl sites for hydroxylation is 1. The van der Waals surface area contributed by atoms with Gasteiger partial charge < -0.3 is 16.0 Å². The first-order valence-electron chi connectivity index (χ1n) is 5.79. The fourth-order valence-electron chi connectivity index (χ4n) is 1.51. The summed E-state index contributed by atoms with van der Waals surface area (Å²) in [4.78, 5) is 8.07. The molecule has 0 aliphatic rings. The predicted octanol–water partition coefficient (Wildman–Crippen LogP) is 1.08. The van der Waals surface area contributed by atoms with Crippen molar-refractivity contribution in [3.05, 3.63) is 36.0 Å². The summed E-state index contributed by atoms with van der Waals surface area (Å²) in [6, 6.07) is 5.90. The van der Waals surface area contributed by atoms with Crippen molar-refractivity contribution in [1.82, 2.24) is 10.1 Å². The van der Waals surface area contributed by atoms with Crippen molar-refractivity contribution in [1.29, 1.82) is 0 Å². The van der Waals surface area contributed by atoms with Gasteiger partial charge in [-0.2, -0.15) is 4.98 Å². The average molecular weight is 263 g/mol. The van der Waals surface area contributed by atoms with Gasteiger partial charge in [-0.15, -0.1) is 0 Å². The standard InChI is InChI=1S/C12H14FN5O/c13-9-5-3-8(4-6-9)11-17-10(19-18-11)2-1-7-16-12(14)15/h3-6H,1-2,7H2,(H4,14,15,16). The molecule has 0 unspecified atom stereocenters. The van der Waals surface area contributed by atoms with Crippen LogP contribution in [0, 0.1) is 5.82 Å². The minimum absolute atomic E-state index is 0.0672. The van der Waals surface area contributed by atoms with E-state index in [1.807, 2.05) is 0 Å². The maximum atomic E-state index is 12.8. The van der Waals surface area contributed by atoms with E-state index in [0.717, 1.165) is 0 Å². The molecule has 0 atom stereocenters. The van der Waals surface area contributed by atoms with Gasteiger partial charge in [0, 0.05) is 18.5 Å². The van der Waals surface area contributed by atoms with Crippen molar-refractivity contribution < 1.29 is 8.91 Å². The maximum Gasteiger partial charge on any atom is 0.227 e. The molecule has 1 aromatic carbocycles. The first-order valence-corrected chi connectivity index (χ1v) is 5.79. The second kappa shape index (κ2) is 5.94. The number of guanidine groups is 1. The Morgan fingerprint density at radius 2 is 2.00 bits per heavy atom. The van der Waals surface area contributed by atoms with Gasteiger partial charge in [0.15, 0.2) is 5.96 Å². The van der Waals surface area contributed by atoms with E-state index in [0.29, 0.717) is 36.7 Å². The van der Waals surface area contributed by atoms with Crippen molar-refractivity contribution in [2.75, 3.05) is 6.54 Å². The smallest absolute Gasteiger partial charge is 0.227 e. The molecule has 6 nitrogen and oxygen atoms in total. The van der Waals surface area contributed by atoms with Gasteiger partial charge in [0.1, 0.15) is 5.82 Å². The minimum Gasteiger partial charge on any atom is -0.370 e. The molecule has 0 aliphatic carbocycles. The summed E-state index contributed by atoms with van der Waals surface area (Å²) in [7, 11) is 0. The first kappa shape index (κ1) is 13.0. The zero-order valence-electron chi connectivity index (χ0n) is 10.2. The summed E-state index contributed by atoms with van der Waals surface area (Å²) in [6.45, 7) is 0.511.